The van der Waals surface area contributed by atoms with Gasteiger partial charge in [0.25, 0.3) is 0 Å². The van der Waals surface area contributed by atoms with Gasteiger partial charge in [-0.05, 0) is 28.1 Å². The lowest BCUT2D eigenvalue weighted by Gasteiger charge is -1.99. The van der Waals surface area contributed by atoms with Crippen LogP contribution < -0.4 is 5.73 Å². The summed E-state index contributed by atoms with van der Waals surface area (Å²) < 4.78 is 0.637. The maximum absolute atomic E-state index is 8.50. The second-order valence-corrected chi connectivity index (χ2v) is 3.17. The summed E-state index contributed by atoms with van der Waals surface area (Å²) in [6.07, 6.45) is 0. The largest absolute Gasteiger partial charge is 0.398 e. The molecule has 1 rings (SSSR count). The number of nitrogens with two attached hydrogens (primary N) is 1. The van der Waals surface area contributed by atoms with E-state index in [9.17, 15) is 0 Å². The molecule has 0 fully saturated rings. The van der Waals surface area contributed by atoms with Crippen molar-refractivity contribution in [3.8, 4) is 6.07 Å². The Morgan fingerprint density at radius 1 is 1.55 bits per heavy atom. The molecule has 0 amide bonds. The molecule has 1 aromatic rings. The first kappa shape index (κ1) is 8.38. The van der Waals surface area contributed by atoms with Gasteiger partial charge in [-0.15, -0.1) is 0 Å². The van der Waals surface area contributed by atoms with Crippen molar-refractivity contribution in [1.82, 2.24) is 0 Å². The second kappa shape index (κ2) is 3.12. The van der Waals surface area contributed by atoms with Gasteiger partial charge in [0.1, 0.15) is 0 Å². The van der Waals surface area contributed by atoms with E-state index in [1.54, 1.807) is 12.1 Å². The molecule has 0 atom stereocenters. The number of halogens is 2. The van der Waals surface area contributed by atoms with Gasteiger partial charge in [0.15, 0.2) is 0 Å². The van der Waals surface area contributed by atoms with Crippen molar-refractivity contribution in [2.45, 2.75) is 0 Å². The molecule has 0 spiro atoms. The van der Waals surface area contributed by atoms with Crippen LogP contribution in [0, 0.1) is 11.3 Å². The Balaban J connectivity index is 3.35. The number of hydrogen-bond acceptors (Lipinski definition) is 2. The highest BCUT2D eigenvalue weighted by atomic mass is 79.9. The minimum atomic E-state index is 0.460. The summed E-state index contributed by atoms with van der Waals surface area (Å²) in [4.78, 5) is 0. The van der Waals surface area contributed by atoms with E-state index in [0.29, 0.717) is 20.7 Å². The molecule has 2 nitrogen and oxygen atoms in total. The van der Waals surface area contributed by atoms with E-state index in [1.165, 1.54) is 0 Å². The molecule has 11 heavy (non-hydrogen) atoms. The number of nitrogen functional groups attached to an aromatic ring is 1. The number of nitriles is 1. The normalized spacial score (nSPS) is 9.18. The van der Waals surface area contributed by atoms with Crippen LogP contribution in [-0.4, -0.2) is 0 Å². The highest BCUT2D eigenvalue weighted by molar-refractivity contribution is 9.10. The zero-order valence-electron chi connectivity index (χ0n) is 5.44. The van der Waals surface area contributed by atoms with Gasteiger partial charge < -0.3 is 5.73 Å². The van der Waals surface area contributed by atoms with Gasteiger partial charge in [0.05, 0.1) is 21.1 Å². The van der Waals surface area contributed by atoms with Crippen LogP contribution in [0.1, 0.15) is 5.56 Å². The second-order valence-electron chi connectivity index (χ2n) is 1.97. The average Bonchev–Trinajstić information content (AvgIpc) is 1.99. The van der Waals surface area contributed by atoms with E-state index in [1.807, 2.05) is 6.07 Å². The molecule has 0 aliphatic rings. The minimum absolute atomic E-state index is 0.460. The first-order valence-corrected chi connectivity index (χ1v) is 3.97. The smallest absolute Gasteiger partial charge is 0.0992 e. The molecule has 56 valence electrons. The highest BCUT2D eigenvalue weighted by Gasteiger charge is 2.02. The minimum Gasteiger partial charge on any atom is -0.398 e. The quantitative estimate of drug-likeness (QED) is 0.698. The average molecular weight is 231 g/mol. The SMILES string of the molecule is N#Cc1cc(N)c(Br)c(Cl)c1. The van der Waals surface area contributed by atoms with E-state index in [-0.39, 0.29) is 0 Å². The predicted molar refractivity (Wildman–Crippen MR) is 48.3 cm³/mol. The molecule has 0 saturated carbocycles. The van der Waals surface area contributed by atoms with Gasteiger partial charge in [-0.2, -0.15) is 5.26 Å². The number of hydrogen-bond donors (Lipinski definition) is 1. The van der Waals surface area contributed by atoms with Gasteiger partial charge >= 0.3 is 0 Å². The third kappa shape index (κ3) is 1.65. The Hall–Kier alpha value is -0.720. The Morgan fingerprint density at radius 3 is 2.64 bits per heavy atom. The van der Waals surface area contributed by atoms with Crippen LogP contribution in [0.2, 0.25) is 5.02 Å². The van der Waals surface area contributed by atoms with Crippen molar-refractivity contribution in [2.75, 3.05) is 5.73 Å². The Labute approximate surface area is 77.7 Å². The number of nitrogens with zero attached hydrogens (tertiary/aromatic N) is 1. The Morgan fingerprint density at radius 2 is 2.18 bits per heavy atom. The summed E-state index contributed by atoms with van der Waals surface area (Å²) in [5, 5.41) is 8.96. The number of anilines is 1. The molecular weight excluding hydrogens is 227 g/mol. The molecule has 0 saturated heterocycles. The fourth-order valence-corrected chi connectivity index (χ4v) is 1.13. The summed E-state index contributed by atoms with van der Waals surface area (Å²) in [7, 11) is 0. The molecule has 0 aliphatic heterocycles. The lowest BCUT2D eigenvalue weighted by molar-refractivity contribution is 1.48. The van der Waals surface area contributed by atoms with Crippen molar-refractivity contribution in [1.29, 1.82) is 5.26 Å². The van der Waals surface area contributed by atoms with Gasteiger partial charge in [0.2, 0.25) is 0 Å². The molecule has 1 aromatic carbocycles. The molecule has 0 bridgehead atoms. The molecule has 0 heterocycles. The summed E-state index contributed by atoms with van der Waals surface area (Å²) in [6.45, 7) is 0. The van der Waals surface area contributed by atoms with E-state index < -0.39 is 0 Å². The predicted octanol–water partition coefficient (Wildman–Crippen LogP) is 2.56. The van der Waals surface area contributed by atoms with E-state index >= 15 is 0 Å². The monoisotopic (exact) mass is 230 g/mol. The summed E-state index contributed by atoms with van der Waals surface area (Å²) in [5.41, 5.74) is 6.46. The van der Waals surface area contributed by atoms with Crippen molar-refractivity contribution in [2.24, 2.45) is 0 Å². The van der Waals surface area contributed by atoms with Crippen LogP contribution in [0.4, 0.5) is 5.69 Å². The Kier molecular flexibility index (Phi) is 2.38. The summed E-state index contributed by atoms with van der Waals surface area (Å²) in [6, 6.07) is 5.07. The van der Waals surface area contributed by atoms with Crippen molar-refractivity contribution in [3.63, 3.8) is 0 Å². The van der Waals surface area contributed by atoms with Crippen LogP contribution >= 0.6 is 27.5 Å². The van der Waals surface area contributed by atoms with Crippen LogP contribution in [-0.2, 0) is 0 Å². The van der Waals surface area contributed by atoms with Gasteiger partial charge in [-0.25, -0.2) is 0 Å². The Bertz CT molecular complexity index is 307. The molecular formula is C7H4BrClN2. The number of rotatable bonds is 0. The molecule has 4 heteroatoms. The fourth-order valence-electron chi connectivity index (χ4n) is 0.675. The zero-order chi connectivity index (χ0) is 8.43. The molecule has 0 radical (unpaired) electrons. The van der Waals surface area contributed by atoms with Gasteiger partial charge in [-0.3, -0.25) is 0 Å². The summed E-state index contributed by atoms with van der Waals surface area (Å²) >= 11 is 8.90. The standard InChI is InChI=1S/C7H4BrClN2/c8-7-5(9)1-4(3-10)2-6(7)11/h1-2H,11H2. The molecule has 0 aliphatic carbocycles. The van der Waals surface area contributed by atoms with E-state index in [0.717, 1.165) is 0 Å². The van der Waals surface area contributed by atoms with Crippen LogP contribution in [0.5, 0.6) is 0 Å². The third-order valence-corrected chi connectivity index (χ3v) is 2.60. The van der Waals surface area contributed by atoms with Gasteiger partial charge in [0, 0.05) is 5.69 Å². The van der Waals surface area contributed by atoms with Crippen LogP contribution in [0.25, 0.3) is 0 Å². The first-order chi connectivity index (χ1) is 5.15. The van der Waals surface area contributed by atoms with Crippen LogP contribution in [0.15, 0.2) is 16.6 Å². The highest BCUT2D eigenvalue weighted by Crippen LogP contribution is 2.29. The molecule has 0 aromatic heterocycles. The van der Waals surface area contributed by atoms with Crippen molar-refractivity contribution < 1.29 is 0 Å². The number of benzene rings is 1. The van der Waals surface area contributed by atoms with E-state index in [4.69, 9.17) is 22.6 Å². The van der Waals surface area contributed by atoms with Crippen molar-refractivity contribution in [3.05, 3.63) is 27.2 Å². The lowest BCUT2D eigenvalue weighted by Crippen LogP contribution is -1.88. The summed E-state index contributed by atoms with van der Waals surface area (Å²) in [5.74, 6) is 0. The fraction of sp³-hybridized carbons (Fsp3) is 0. The van der Waals surface area contributed by atoms with Crippen LogP contribution in [0.3, 0.4) is 0 Å². The third-order valence-electron chi connectivity index (χ3n) is 1.19. The lowest BCUT2D eigenvalue weighted by atomic mass is 10.2. The zero-order valence-corrected chi connectivity index (χ0v) is 7.78. The topological polar surface area (TPSA) is 49.8 Å². The first-order valence-electron chi connectivity index (χ1n) is 2.79. The maximum atomic E-state index is 8.50. The van der Waals surface area contributed by atoms with Gasteiger partial charge in [-0.1, -0.05) is 11.6 Å². The maximum Gasteiger partial charge on any atom is 0.0992 e. The molecule has 0 unspecified atom stereocenters. The van der Waals surface area contributed by atoms with E-state index in [2.05, 4.69) is 15.9 Å². The molecule has 2 N–H and O–H groups in total. The van der Waals surface area contributed by atoms with Crippen molar-refractivity contribution >= 4 is 33.2 Å².